The van der Waals surface area contributed by atoms with Gasteiger partial charge in [-0.2, -0.15) is 5.10 Å². The van der Waals surface area contributed by atoms with E-state index in [0.29, 0.717) is 0 Å². The predicted molar refractivity (Wildman–Crippen MR) is 112 cm³/mol. The summed E-state index contributed by atoms with van der Waals surface area (Å²) in [7, 11) is 1.94. The third-order valence-electron chi connectivity index (χ3n) is 6.44. The van der Waals surface area contributed by atoms with Crippen molar-refractivity contribution in [2.24, 2.45) is 7.05 Å². The molecule has 30 heavy (non-hydrogen) atoms. The highest BCUT2D eigenvalue weighted by molar-refractivity contribution is 6.06. The van der Waals surface area contributed by atoms with Crippen LogP contribution in [0.5, 0.6) is 0 Å². The van der Waals surface area contributed by atoms with Crippen molar-refractivity contribution in [3.63, 3.8) is 0 Å². The molecule has 0 bridgehead atoms. The van der Waals surface area contributed by atoms with Crippen molar-refractivity contribution in [2.75, 3.05) is 23.3 Å². The number of amides is 1. The number of aryl methyl sites for hydroxylation is 1. The van der Waals surface area contributed by atoms with Crippen LogP contribution in [0.1, 0.15) is 18.4 Å². The van der Waals surface area contributed by atoms with Gasteiger partial charge in [0, 0.05) is 32.0 Å². The molecule has 3 aromatic heterocycles. The van der Waals surface area contributed by atoms with E-state index in [-0.39, 0.29) is 5.91 Å². The van der Waals surface area contributed by atoms with Gasteiger partial charge in [0.15, 0.2) is 17.0 Å². The molecule has 2 aliphatic heterocycles. The zero-order valence-corrected chi connectivity index (χ0v) is 16.5. The molecular weight excluding hydrogens is 380 g/mol. The van der Waals surface area contributed by atoms with Crippen LogP contribution in [0.15, 0.2) is 43.0 Å². The monoisotopic (exact) mass is 400 g/mol. The molecule has 9 nitrogen and oxygen atoms in total. The lowest BCUT2D eigenvalue weighted by molar-refractivity contribution is -0.121. The second kappa shape index (κ2) is 6.12. The Morgan fingerprint density at radius 3 is 2.77 bits per heavy atom. The first-order valence-electron chi connectivity index (χ1n) is 10.00. The number of carbonyl (C=O) groups is 1. The summed E-state index contributed by atoms with van der Waals surface area (Å²) in [5.41, 5.74) is 4.05. The molecule has 0 saturated carbocycles. The van der Waals surface area contributed by atoms with Gasteiger partial charge in [0.1, 0.15) is 12.2 Å². The Morgan fingerprint density at radius 2 is 1.97 bits per heavy atom. The lowest BCUT2D eigenvalue weighted by Gasteiger charge is -2.38. The van der Waals surface area contributed by atoms with Gasteiger partial charge >= 0.3 is 0 Å². The predicted octanol–water partition coefficient (Wildman–Crippen LogP) is 2.24. The molecule has 6 rings (SSSR count). The van der Waals surface area contributed by atoms with E-state index < -0.39 is 5.41 Å². The van der Waals surface area contributed by atoms with Crippen molar-refractivity contribution in [2.45, 2.75) is 18.3 Å². The van der Waals surface area contributed by atoms with Crippen molar-refractivity contribution in [3.8, 4) is 11.4 Å². The molecule has 1 aromatic carbocycles. The lowest BCUT2D eigenvalue weighted by atomic mass is 9.73. The van der Waals surface area contributed by atoms with Crippen LogP contribution in [0.2, 0.25) is 0 Å². The number of H-pyrrole nitrogens is 1. The number of benzene rings is 1. The summed E-state index contributed by atoms with van der Waals surface area (Å²) < 4.78 is 1.96. The van der Waals surface area contributed by atoms with Gasteiger partial charge in [-0.15, -0.1) is 0 Å². The largest absolute Gasteiger partial charge is 0.355 e. The van der Waals surface area contributed by atoms with Gasteiger partial charge in [0.25, 0.3) is 0 Å². The maximum Gasteiger partial charge on any atom is 0.235 e. The number of anilines is 2. The van der Waals surface area contributed by atoms with E-state index in [4.69, 9.17) is 4.98 Å². The number of nitrogens with zero attached hydrogens (tertiary/aromatic N) is 6. The molecule has 2 N–H and O–H groups in total. The highest BCUT2D eigenvalue weighted by atomic mass is 16.2. The SMILES string of the molecule is Cn1c(-c2cn[nH]c2)nc2c(N3CCC4(CC3)C(=O)Nc3ccccc34)ncnc21. The Morgan fingerprint density at radius 1 is 1.13 bits per heavy atom. The summed E-state index contributed by atoms with van der Waals surface area (Å²) in [5, 5.41) is 9.92. The van der Waals surface area contributed by atoms with Crippen molar-refractivity contribution >= 4 is 28.6 Å². The van der Waals surface area contributed by atoms with Crippen LogP contribution in [0, 0.1) is 0 Å². The normalized spacial score (nSPS) is 17.5. The Balaban J connectivity index is 1.36. The topological polar surface area (TPSA) is 105 Å². The van der Waals surface area contributed by atoms with Gasteiger partial charge in [0.05, 0.1) is 17.2 Å². The van der Waals surface area contributed by atoms with Crippen LogP contribution in [-0.4, -0.2) is 48.7 Å². The maximum atomic E-state index is 12.9. The Labute approximate surface area is 172 Å². The number of piperidine rings is 1. The van der Waals surface area contributed by atoms with Crippen LogP contribution in [-0.2, 0) is 17.3 Å². The van der Waals surface area contributed by atoms with Gasteiger partial charge < -0.3 is 14.8 Å². The first kappa shape index (κ1) is 17.1. The number of rotatable bonds is 2. The summed E-state index contributed by atoms with van der Waals surface area (Å²) in [6.07, 6.45) is 6.62. The van der Waals surface area contributed by atoms with Gasteiger partial charge in [0.2, 0.25) is 5.91 Å². The van der Waals surface area contributed by atoms with Crippen LogP contribution < -0.4 is 10.2 Å². The van der Waals surface area contributed by atoms with E-state index in [1.807, 2.05) is 36.0 Å². The minimum atomic E-state index is -0.453. The molecule has 150 valence electrons. The molecule has 0 atom stereocenters. The van der Waals surface area contributed by atoms with Crippen molar-refractivity contribution < 1.29 is 4.79 Å². The molecule has 0 aliphatic carbocycles. The molecule has 0 radical (unpaired) electrons. The van der Waals surface area contributed by atoms with E-state index in [1.165, 1.54) is 0 Å². The van der Waals surface area contributed by atoms with Crippen LogP contribution in [0.4, 0.5) is 11.5 Å². The number of carbonyl (C=O) groups excluding carboxylic acids is 1. The van der Waals surface area contributed by atoms with Crippen molar-refractivity contribution in [1.29, 1.82) is 0 Å². The summed E-state index contributed by atoms with van der Waals surface area (Å²) in [6, 6.07) is 8.02. The Kier molecular flexibility index (Phi) is 3.50. The number of hydrogen-bond donors (Lipinski definition) is 2. The van der Waals surface area contributed by atoms with Crippen molar-refractivity contribution in [3.05, 3.63) is 48.5 Å². The van der Waals surface area contributed by atoms with Crippen molar-refractivity contribution in [1.82, 2.24) is 29.7 Å². The number of nitrogens with one attached hydrogen (secondary N) is 2. The molecule has 9 heteroatoms. The molecule has 1 fully saturated rings. The van der Waals surface area contributed by atoms with E-state index in [9.17, 15) is 4.79 Å². The summed E-state index contributed by atoms with van der Waals surface area (Å²) in [6.45, 7) is 1.46. The molecule has 1 spiro atoms. The average Bonchev–Trinajstić information content (AvgIpc) is 3.48. The first-order valence-corrected chi connectivity index (χ1v) is 10.00. The number of aromatic amines is 1. The van der Waals surface area contributed by atoms with E-state index in [2.05, 4.69) is 36.4 Å². The molecule has 2 aliphatic rings. The van der Waals surface area contributed by atoms with Gasteiger partial charge in [-0.3, -0.25) is 9.89 Å². The fourth-order valence-corrected chi connectivity index (χ4v) is 4.82. The highest BCUT2D eigenvalue weighted by Gasteiger charge is 2.48. The number of imidazole rings is 1. The molecule has 5 heterocycles. The minimum Gasteiger partial charge on any atom is -0.355 e. The number of fused-ring (bicyclic) bond motifs is 3. The third kappa shape index (κ3) is 2.25. The second-order valence-electron chi connectivity index (χ2n) is 7.92. The number of para-hydroxylation sites is 1. The fourth-order valence-electron chi connectivity index (χ4n) is 4.82. The number of hydrogen-bond acceptors (Lipinski definition) is 6. The van der Waals surface area contributed by atoms with Crippen LogP contribution in [0.3, 0.4) is 0 Å². The lowest BCUT2D eigenvalue weighted by Crippen LogP contribution is -2.46. The first-order chi connectivity index (χ1) is 14.7. The second-order valence-corrected chi connectivity index (χ2v) is 7.92. The molecule has 0 unspecified atom stereocenters. The van der Waals surface area contributed by atoms with Gasteiger partial charge in [-0.05, 0) is 24.5 Å². The summed E-state index contributed by atoms with van der Waals surface area (Å²) in [4.78, 5) is 28.9. The highest BCUT2D eigenvalue weighted by Crippen LogP contribution is 2.45. The summed E-state index contributed by atoms with van der Waals surface area (Å²) >= 11 is 0. The maximum absolute atomic E-state index is 12.9. The Hall–Kier alpha value is -3.75. The zero-order valence-electron chi connectivity index (χ0n) is 16.5. The minimum absolute atomic E-state index is 0.108. The fraction of sp³-hybridized carbons (Fsp3) is 0.286. The third-order valence-corrected chi connectivity index (χ3v) is 6.44. The quantitative estimate of drug-likeness (QED) is 0.535. The smallest absolute Gasteiger partial charge is 0.235 e. The standard InChI is InChI=1S/C21H20N8O/c1-28-17(13-10-24-25-11-13)27-16-18(28)22-12-23-19(16)29-8-6-21(7-9-29)14-4-2-3-5-15(14)26-20(21)30/h2-5,10-12H,6-9H2,1H3,(H,24,25)(H,26,30). The van der Waals surface area contributed by atoms with E-state index in [1.54, 1.807) is 12.5 Å². The van der Waals surface area contributed by atoms with Gasteiger partial charge in [-0.1, -0.05) is 18.2 Å². The molecular formula is C21H20N8O. The Bertz CT molecular complexity index is 1270. The van der Waals surface area contributed by atoms with Crippen LogP contribution >= 0.6 is 0 Å². The molecule has 1 amide bonds. The van der Waals surface area contributed by atoms with Crippen LogP contribution in [0.25, 0.3) is 22.6 Å². The van der Waals surface area contributed by atoms with Gasteiger partial charge in [-0.25, -0.2) is 15.0 Å². The zero-order chi connectivity index (χ0) is 20.3. The summed E-state index contributed by atoms with van der Waals surface area (Å²) in [5.74, 6) is 1.71. The number of aromatic nitrogens is 6. The van der Waals surface area contributed by atoms with E-state index >= 15 is 0 Å². The van der Waals surface area contributed by atoms with E-state index in [0.717, 1.165) is 65.6 Å². The average molecular weight is 400 g/mol. The molecule has 1 saturated heterocycles. The molecule has 4 aromatic rings.